The van der Waals surface area contributed by atoms with Crippen LogP contribution in [-0.2, 0) is 15.6 Å². The molecule has 0 saturated carbocycles. The normalized spacial score (nSPS) is 11.3. The molecule has 2 aromatic carbocycles. The molecule has 0 saturated heterocycles. The molecule has 0 heterocycles. The Bertz CT molecular complexity index is 724. The largest absolute Gasteiger partial charge is 0.496 e. The van der Waals surface area contributed by atoms with Crippen molar-refractivity contribution in [3.05, 3.63) is 53.6 Å². The molecular weight excluding hydrogens is 274 g/mol. The van der Waals surface area contributed by atoms with Crippen molar-refractivity contribution in [3.63, 3.8) is 0 Å². The highest BCUT2D eigenvalue weighted by atomic mass is 32.2. The lowest BCUT2D eigenvalue weighted by Crippen LogP contribution is -2.08. The maximum Gasteiger partial charge on any atom is 0.182 e. The van der Waals surface area contributed by atoms with E-state index in [0.29, 0.717) is 21.9 Å². The van der Waals surface area contributed by atoms with Crippen molar-refractivity contribution in [1.29, 1.82) is 0 Å². The summed E-state index contributed by atoms with van der Waals surface area (Å²) in [5.41, 5.74) is 7.53. The van der Waals surface area contributed by atoms with Crippen LogP contribution in [0.3, 0.4) is 0 Å². The van der Waals surface area contributed by atoms with Crippen molar-refractivity contribution >= 4 is 15.5 Å². The second-order valence-electron chi connectivity index (χ2n) is 4.60. The molecule has 2 N–H and O–H groups in total. The topological polar surface area (TPSA) is 69.4 Å². The second kappa shape index (κ2) is 5.54. The molecule has 0 atom stereocenters. The van der Waals surface area contributed by atoms with Crippen LogP contribution in [0.4, 0.5) is 5.69 Å². The quantitative estimate of drug-likeness (QED) is 0.879. The Kier molecular flexibility index (Phi) is 3.99. The number of methoxy groups -OCH3 is 1. The van der Waals surface area contributed by atoms with E-state index in [-0.39, 0.29) is 5.75 Å². The minimum atomic E-state index is -3.43. The highest BCUT2D eigenvalue weighted by Gasteiger charge is 2.19. The van der Waals surface area contributed by atoms with Crippen LogP contribution in [-0.4, -0.2) is 15.5 Å². The molecule has 0 aliphatic rings. The lowest BCUT2D eigenvalue weighted by Gasteiger charge is -2.11. The summed E-state index contributed by atoms with van der Waals surface area (Å²) < 4.78 is 30.2. The van der Waals surface area contributed by atoms with Crippen LogP contribution >= 0.6 is 0 Å². The van der Waals surface area contributed by atoms with E-state index in [9.17, 15) is 8.42 Å². The summed E-state index contributed by atoms with van der Waals surface area (Å²) in [5.74, 6) is 0.392. The molecule has 2 rings (SSSR count). The van der Waals surface area contributed by atoms with Gasteiger partial charge in [-0.3, -0.25) is 0 Å². The number of sulfone groups is 1. The summed E-state index contributed by atoms with van der Waals surface area (Å²) >= 11 is 0. The predicted molar refractivity (Wildman–Crippen MR) is 79.5 cm³/mol. The number of nitrogen functional groups attached to an aromatic ring is 1. The Morgan fingerprint density at radius 2 is 1.85 bits per heavy atom. The Balaban J connectivity index is 2.44. The maximum absolute atomic E-state index is 12.5. The van der Waals surface area contributed by atoms with Gasteiger partial charge in [-0.05, 0) is 36.8 Å². The van der Waals surface area contributed by atoms with Gasteiger partial charge in [0.05, 0.1) is 17.8 Å². The van der Waals surface area contributed by atoms with E-state index in [4.69, 9.17) is 10.5 Å². The summed E-state index contributed by atoms with van der Waals surface area (Å²) in [4.78, 5) is 0.337. The molecule has 4 nitrogen and oxygen atoms in total. The monoisotopic (exact) mass is 291 g/mol. The molecule has 106 valence electrons. The number of aryl methyl sites for hydroxylation is 1. The second-order valence-corrected chi connectivity index (χ2v) is 6.55. The number of hydrogen-bond acceptors (Lipinski definition) is 4. The summed E-state index contributed by atoms with van der Waals surface area (Å²) in [5, 5.41) is 0. The van der Waals surface area contributed by atoms with E-state index in [1.54, 1.807) is 43.3 Å². The van der Waals surface area contributed by atoms with Gasteiger partial charge in [-0.15, -0.1) is 0 Å². The lowest BCUT2D eigenvalue weighted by molar-refractivity contribution is 0.411. The number of benzene rings is 2. The van der Waals surface area contributed by atoms with E-state index in [1.807, 2.05) is 6.07 Å². The zero-order valence-electron chi connectivity index (χ0n) is 11.5. The van der Waals surface area contributed by atoms with Crippen LogP contribution in [0.2, 0.25) is 0 Å². The molecule has 0 amide bonds. The Morgan fingerprint density at radius 3 is 2.50 bits per heavy atom. The van der Waals surface area contributed by atoms with Gasteiger partial charge in [0.2, 0.25) is 0 Å². The molecular formula is C15H17NO3S. The maximum atomic E-state index is 12.5. The molecule has 0 aliphatic carbocycles. The fourth-order valence-corrected chi connectivity index (χ4v) is 3.73. The van der Waals surface area contributed by atoms with Crippen molar-refractivity contribution in [2.75, 3.05) is 12.8 Å². The third kappa shape index (κ3) is 2.93. The van der Waals surface area contributed by atoms with Crippen LogP contribution in [0.15, 0.2) is 47.4 Å². The molecule has 2 aromatic rings. The highest BCUT2D eigenvalue weighted by Crippen LogP contribution is 2.27. The summed E-state index contributed by atoms with van der Waals surface area (Å²) in [6.45, 7) is 1.78. The van der Waals surface area contributed by atoms with Crippen molar-refractivity contribution in [2.45, 2.75) is 17.6 Å². The summed E-state index contributed by atoms with van der Waals surface area (Å²) in [6, 6.07) is 11.9. The van der Waals surface area contributed by atoms with E-state index in [1.165, 1.54) is 7.11 Å². The van der Waals surface area contributed by atoms with E-state index in [2.05, 4.69) is 0 Å². The minimum Gasteiger partial charge on any atom is -0.496 e. The highest BCUT2D eigenvalue weighted by molar-refractivity contribution is 7.90. The number of nitrogens with two attached hydrogens (primary N) is 1. The standard InChI is InChI=1S/C15H17NO3S/c1-11-5-3-4-6-15(11)20(17,18)10-12-9-13(16)7-8-14(12)19-2/h3-9H,10,16H2,1-2H3. The molecule has 0 radical (unpaired) electrons. The number of ether oxygens (including phenoxy) is 1. The van der Waals surface area contributed by atoms with Gasteiger partial charge < -0.3 is 10.5 Å². The third-order valence-electron chi connectivity index (χ3n) is 3.08. The average molecular weight is 291 g/mol. The molecule has 0 spiro atoms. The van der Waals surface area contributed by atoms with Crippen molar-refractivity contribution in [1.82, 2.24) is 0 Å². The molecule has 0 aliphatic heterocycles. The Hall–Kier alpha value is -2.01. The van der Waals surface area contributed by atoms with Crippen LogP contribution in [0.1, 0.15) is 11.1 Å². The first-order valence-corrected chi connectivity index (χ1v) is 7.80. The SMILES string of the molecule is COc1ccc(N)cc1CS(=O)(=O)c1ccccc1C. The first-order chi connectivity index (χ1) is 9.44. The van der Waals surface area contributed by atoms with E-state index in [0.717, 1.165) is 5.56 Å². The van der Waals surface area contributed by atoms with Gasteiger partial charge in [0.15, 0.2) is 9.84 Å². The summed E-state index contributed by atoms with van der Waals surface area (Å²) in [7, 11) is -1.92. The minimum absolute atomic E-state index is 0.133. The Labute approximate surface area is 119 Å². The van der Waals surface area contributed by atoms with Crippen molar-refractivity contribution < 1.29 is 13.2 Å². The van der Waals surface area contributed by atoms with Crippen LogP contribution in [0, 0.1) is 6.92 Å². The van der Waals surface area contributed by atoms with Crippen LogP contribution in [0.25, 0.3) is 0 Å². The lowest BCUT2D eigenvalue weighted by atomic mass is 10.2. The van der Waals surface area contributed by atoms with Crippen molar-refractivity contribution in [3.8, 4) is 5.75 Å². The predicted octanol–water partition coefficient (Wildman–Crippen LogP) is 2.56. The van der Waals surface area contributed by atoms with Gasteiger partial charge in [0.25, 0.3) is 0 Å². The van der Waals surface area contributed by atoms with Crippen LogP contribution < -0.4 is 10.5 Å². The van der Waals surface area contributed by atoms with E-state index < -0.39 is 9.84 Å². The summed E-state index contributed by atoms with van der Waals surface area (Å²) in [6.07, 6.45) is 0. The van der Waals surface area contributed by atoms with Gasteiger partial charge in [0.1, 0.15) is 5.75 Å². The molecule has 0 fully saturated rings. The molecule has 5 heteroatoms. The molecule has 0 aromatic heterocycles. The fourth-order valence-electron chi connectivity index (χ4n) is 2.10. The number of anilines is 1. The fraction of sp³-hybridized carbons (Fsp3) is 0.200. The zero-order valence-corrected chi connectivity index (χ0v) is 12.3. The first kappa shape index (κ1) is 14.4. The average Bonchev–Trinajstić information content (AvgIpc) is 2.39. The van der Waals surface area contributed by atoms with Gasteiger partial charge in [-0.25, -0.2) is 8.42 Å². The number of hydrogen-bond donors (Lipinski definition) is 1. The van der Waals surface area contributed by atoms with Crippen molar-refractivity contribution in [2.24, 2.45) is 0 Å². The smallest absolute Gasteiger partial charge is 0.182 e. The van der Waals surface area contributed by atoms with Crippen LogP contribution in [0.5, 0.6) is 5.75 Å². The molecule has 0 unspecified atom stereocenters. The first-order valence-electron chi connectivity index (χ1n) is 6.15. The van der Waals surface area contributed by atoms with Gasteiger partial charge >= 0.3 is 0 Å². The zero-order chi connectivity index (χ0) is 14.8. The molecule has 20 heavy (non-hydrogen) atoms. The van der Waals surface area contributed by atoms with Gasteiger partial charge in [-0.1, -0.05) is 18.2 Å². The van der Waals surface area contributed by atoms with Gasteiger partial charge in [0, 0.05) is 11.3 Å². The number of rotatable bonds is 4. The van der Waals surface area contributed by atoms with Gasteiger partial charge in [-0.2, -0.15) is 0 Å². The molecule has 0 bridgehead atoms. The third-order valence-corrected chi connectivity index (χ3v) is 4.90. The van der Waals surface area contributed by atoms with E-state index >= 15 is 0 Å². The Morgan fingerprint density at radius 1 is 1.15 bits per heavy atom.